The number of anilines is 1. The van der Waals surface area contributed by atoms with Crippen molar-refractivity contribution in [2.45, 2.75) is 0 Å². The molecule has 0 fully saturated rings. The van der Waals surface area contributed by atoms with Crippen molar-refractivity contribution in [3.8, 4) is 11.8 Å². The van der Waals surface area contributed by atoms with Gasteiger partial charge in [-0.3, -0.25) is 4.79 Å². The Labute approximate surface area is 129 Å². The van der Waals surface area contributed by atoms with Crippen LogP contribution < -0.4 is 10.1 Å². The van der Waals surface area contributed by atoms with Gasteiger partial charge in [-0.1, -0.05) is 12.1 Å². The number of rotatable bonds is 4. The van der Waals surface area contributed by atoms with E-state index in [4.69, 9.17) is 10.00 Å². The Morgan fingerprint density at radius 3 is 2.81 bits per heavy atom. The monoisotopic (exact) mass is 348 g/mol. The molecule has 0 aliphatic heterocycles. The number of hydrogen-bond donors (Lipinski definition) is 1. The molecule has 6 heteroatoms. The Morgan fingerprint density at radius 1 is 1.33 bits per heavy atom. The lowest BCUT2D eigenvalue weighted by Gasteiger charge is -2.08. The summed E-state index contributed by atoms with van der Waals surface area (Å²) in [6.07, 6.45) is 0. The smallest absolute Gasteiger partial charge is 0.262 e. The molecule has 0 aromatic heterocycles. The van der Waals surface area contributed by atoms with E-state index in [-0.39, 0.29) is 12.4 Å². The molecular formula is C15H10BrFN2O2. The fraction of sp³-hybridized carbons (Fsp3) is 0.0667. The van der Waals surface area contributed by atoms with Gasteiger partial charge in [-0.15, -0.1) is 0 Å². The molecule has 0 saturated heterocycles. The molecule has 0 heterocycles. The minimum atomic E-state index is -0.470. The van der Waals surface area contributed by atoms with Gasteiger partial charge < -0.3 is 10.1 Å². The first-order valence-electron chi connectivity index (χ1n) is 5.97. The second-order valence-electron chi connectivity index (χ2n) is 4.07. The van der Waals surface area contributed by atoms with Crippen LogP contribution in [-0.2, 0) is 4.79 Å². The third-order valence-electron chi connectivity index (χ3n) is 2.58. The zero-order chi connectivity index (χ0) is 15.2. The van der Waals surface area contributed by atoms with Gasteiger partial charge in [-0.2, -0.15) is 5.26 Å². The van der Waals surface area contributed by atoms with Crippen LogP contribution >= 0.6 is 15.9 Å². The molecule has 0 aliphatic rings. The highest BCUT2D eigenvalue weighted by Crippen LogP contribution is 2.21. The molecule has 1 amide bonds. The number of carbonyl (C=O) groups is 1. The molecule has 0 saturated carbocycles. The van der Waals surface area contributed by atoms with Crippen molar-refractivity contribution in [1.29, 1.82) is 5.26 Å². The van der Waals surface area contributed by atoms with E-state index < -0.39 is 11.7 Å². The Kier molecular flexibility index (Phi) is 4.90. The summed E-state index contributed by atoms with van der Waals surface area (Å²) in [5.74, 6) is -0.650. The van der Waals surface area contributed by atoms with Crippen LogP contribution in [0.1, 0.15) is 5.56 Å². The van der Waals surface area contributed by atoms with Gasteiger partial charge in [0, 0.05) is 6.07 Å². The summed E-state index contributed by atoms with van der Waals surface area (Å²) < 4.78 is 18.8. The molecule has 0 radical (unpaired) electrons. The number of nitrogens with zero attached hydrogens (tertiary/aromatic N) is 1. The van der Waals surface area contributed by atoms with Crippen molar-refractivity contribution in [3.63, 3.8) is 0 Å². The lowest BCUT2D eigenvalue weighted by Crippen LogP contribution is -2.20. The number of nitrogens with one attached hydrogen (secondary N) is 1. The predicted octanol–water partition coefficient (Wildman–Crippen LogP) is 3.48. The number of benzene rings is 2. The molecule has 2 aromatic rings. The molecule has 2 rings (SSSR count). The van der Waals surface area contributed by atoms with E-state index in [1.807, 2.05) is 6.07 Å². The molecule has 0 unspecified atom stereocenters. The van der Waals surface area contributed by atoms with Crippen molar-refractivity contribution in [3.05, 3.63) is 58.3 Å². The Balaban J connectivity index is 1.96. The number of halogens is 2. The summed E-state index contributed by atoms with van der Waals surface area (Å²) >= 11 is 3.03. The third-order valence-corrected chi connectivity index (χ3v) is 3.23. The molecule has 21 heavy (non-hydrogen) atoms. The standard InChI is InChI=1S/C15H10BrFN2O2/c16-12-6-5-11(7-13(12)17)21-9-15(20)19-14-4-2-1-3-10(14)8-18/h1-7H,9H2,(H,19,20). The zero-order valence-corrected chi connectivity index (χ0v) is 12.4. The van der Waals surface area contributed by atoms with Crippen LogP contribution in [-0.4, -0.2) is 12.5 Å². The molecule has 0 bridgehead atoms. The maximum absolute atomic E-state index is 13.3. The molecule has 1 N–H and O–H groups in total. The average Bonchev–Trinajstić information content (AvgIpc) is 2.49. The first kappa shape index (κ1) is 15.0. The number of nitriles is 1. The maximum Gasteiger partial charge on any atom is 0.262 e. The number of ether oxygens (including phenoxy) is 1. The average molecular weight is 349 g/mol. The van der Waals surface area contributed by atoms with Crippen LogP contribution in [0.2, 0.25) is 0 Å². The van der Waals surface area contributed by atoms with Crippen LogP contribution in [0.3, 0.4) is 0 Å². The maximum atomic E-state index is 13.3. The number of carbonyl (C=O) groups excluding carboxylic acids is 1. The number of amides is 1. The summed E-state index contributed by atoms with van der Waals surface area (Å²) in [6, 6.07) is 12.8. The topological polar surface area (TPSA) is 62.1 Å². The third kappa shape index (κ3) is 4.04. The largest absolute Gasteiger partial charge is 0.484 e. The van der Waals surface area contributed by atoms with Crippen molar-refractivity contribution < 1.29 is 13.9 Å². The minimum absolute atomic E-state index is 0.249. The molecule has 106 valence electrons. The van der Waals surface area contributed by atoms with Gasteiger partial charge in [0.1, 0.15) is 17.6 Å². The first-order valence-corrected chi connectivity index (χ1v) is 6.76. The van der Waals surface area contributed by atoms with E-state index in [1.54, 1.807) is 30.3 Å². The summed E-state index contributed by atoms with van der Waals surface area (Å²) in [5, 5.41) is 11.5. The quantitative estimate of drug-likeness (QED) is 0.919. The van der Waals surface area contributed by atoms with E-state index in [0.717, 1.165) is 0 Å². The van der Waals surface area contributed by atoms with E-state index in [1.165, 1.54) is 12.1 Å². The van der Waals surface area contributed by atoms with Crippen LogP contribution in [0.4, 0.5) is 10.1 Å². The van der Waals surface area contributed by atoms with Gasteiger partial charge in [-0.25, -0.2) is 4.39 Å². The molecule has 0 aliphatic carbocycles. The Hall–Kier alpha value is -2.39. The van der Waals surface area contributed by atoms with Gasteiger partial charge in [0.15, 0.2) is 6.61 Å². The fourth-order valence-corrected chi connectivity index (χ4v) is 1.84. The molecule has 0 atom stereocenters. The normalized spacial score (nSPS) is 9.76. The summed E-state index contributed by atoms with van der Waals surface area (Å²) in [4.78, 5) is 11.8. The predicted molar refractivity (Wildman–Crippen MR) is 79.4 cm³/mol. The summed E-state index contributed by atoms with van der Waals surface area (Å²) in [6.45, 7) is -0.277. The van der Waals surface area contributed by atoms with Gasteiger partial charge in [0.05, 0.1) is 15.7 Å². The molecule has 2 aromatic carbocycles. The van der Waals surface area contributed by atoms with E-state index in [0.29, 0.717) is 15.7 Å². The van der Waals surface area contributed by atoms with Gasteiger partial charge in [0.25, 0.3) is 5.91 Å². The zero-order valence-electron chi connectivity index (χ0n) is 10.8. The van der Waals surface area contributed by atoms with Crippen LogP contribution in [0.25, 0.3) is 0 Å². The SMILES string of the molecule is N#Cc1ccccc1NC(=O)COc1ccc(Br)c(F)c1. The van der Waals surface area contributed by atoms with Crippen LogP contribution in [0, 0.1) is 17.1 Å². The Bertz CT molecular complexity index is 713. The van der Waals surface area contributed by atoms with Gasteiger partial charge >= 0.3 is 0 Å². The molecular weight excluding hydrogens is 339 g/mol. The van der Waals surface area contributed by atoms with E-state index >= 15 is 0 Å². The van der Waals surface area contributed by atoms with Crippen LogP contribution in [0.5, 0.6) is 5.75 Å². The van der Waals surface area contributed by atoms with E-state index in [2.05, 4.69) is 21.2 Å². The lowest BCUT2D eigenvalue weighted by atomic mass is 10.2. The number of hydrogen-bond acceptors (Lipinski definition) is 3. The second-order valence-corrected chi connectivity index (χ2v) is 4.92. The highest BCUT2D eigenvalue weighted by molar-refractivity contribution is 9.10. The molecule has 4 nitrogen and oxygen atoms in total. The molecule has 0 spiro atoms. The van der Waals surface area contributed by atoms with Crippen molar-refractivity contribution >= 4 is 27.5 Å². The fourth-order valence-electron chi connectivity index (χ4n) is 1.59. The van der Waals surface area contributed by atoms with Crippen molar-refractivity contribution in [2.24, 2.45) is 0 Å². The highest BCUT2D eigenvalue weighted by atomic mass is 79.9. The van der Waals surface area contributed by atoms with Gasteiger partial charge in [0.2, 0.25) is 0 Å². The number of para-hydroxylation sites is 1. The summed E-state index contributed by atoms with van der Waals surface area (Å²) in [7, 11) is 0. The highest BCUT2D eigenvalue weighted by Gasteiger charge is 2.08. The lowest BCUT2D eigenvalue weighted by molar-refractivity contribution is -0.118. The van der Waals surface area contributed by atoms with Gasteiger partial charge in [-0.05, 0) is 40.2 Å². The van der Waals surface area contributed by atoms with E-state index in [9.17, 15) is 9.18 Å². The first-order chi connectivity index (χ1) is 10.1. The minimum Gasteiger partial charge on any atom is -0.484 e. The Morgan fingerprint density at radius 2 is 2.10 bits per heavy atom. The van der Waals surface area contributed by atoms with Crippen molar-refractivity contribution in [1.82, 2.24) is 0 Å². The summed E-state index contributed by atoms with van der Waals surface area (Å²) in [5.41, 5.74) is 0.774. The van der Waals surface area contributed by atoms with Crippen LogP contribution in [0.15, 0.2) is 46.9 Å². The second kappa shape index (κ2) is 6.86. The van der Waals surface area contributed by atoms with Crippen molar-refractivity contribution in [2.75, 3.05) is 11.9 Å².